The summed E-state index contributed by atoms with van der Waals surface area (Å²) >= 11 is 0. The van der Waals surface area contributed by atoms with Crippen LogP contribution in [0.4, 0.5) is 5.69 Å². The Balaban J connectivity index is 1.71. The van der Waals surface area contributed by atoms with E-state index in [0.717, 1.165) is 16.5 Å². The van der Waals surface area contributed by atoms with Crippen molar-refractivity contribution >= 4 is 22.5 Å². The maximum absolute atomic E-state index is 12.0. The zero-order valence-electron chi connectivity index (χ0n) is 11.4. The summed E-state index contributed by atoms with van der Waals surface area (Å²) in [5, 5.41) is 3.95. The van der Waals surface area contributed by atoms with Crippen molar-refractivity contribution in [2.45, 2.75) is 6.54 Å². The molecule has 3 rings (SSSR count). The molecule has 0 radical (unpaired) electrons. The van der Waals surface area contributed by atoms with Crippen LogP contribution in [0.1, 0.15) is 15.9 Å². The summed E-state index contributed by atoms with van der Waals surface area (Å²) in [6, 6.07) is 16.8. The third kappa shape index (κ3) is 3.00. The zero-order valence-corrected chi connectivity index (χ0v) is 11.4. The Hall–Kier alpha value is -2.88. The number of nitrogens with two attached hydrogens (primary N) is 1. The van der Waals surface area contributed by atoms with Gasteiger partial charge in [0.15, 0.2) is 0 Å². The molecular weight excluding hydrogens is 262 g/mol. The predicted molar refractivity (Wildman–Crippen MR) is 83.8 cm³/mol. The topological polar surface area (TPSA) is 68.0 Å². The molecule has 0 bridgehead atoms. The number of hydrogen-bond donors (Lipinski definition) is 2. The number of nitrogens with zero attached hydrogens (tertiary/aromatic N) is 1. The van der Waals surface area contributed by atoms with Gasteiger partial charge in [0.25, 0.3) is 5.91 Å². The molecule has 3 aromatic rings. The highest BCUT2D eigenvalue weighted by Gasteiger charge is 2.05. The van der Waals surface area contributed by atoms with Gasteiger partial charge < -0.3 is 11.1 Å². The van der Waals surface area contributed by atoms with Gasteiger partial charge >= 0.3 is 0 Å². The maximum atomic E-state index is 12.0. The Labute approximate surface area is 122 Å². The fourth-order valence-corrected chi connectivity index (χ4v) is 2.13. The van der Waals surface area contributed by atoms with Gasteiger partial charge in [0.05, 0.1) is 5.52 Å². The second-order valence-electron chi connectivity index (χ2n) is 4.84. The van der Waals surface area contributed by atoms with Crippen LogP contribution in [0.2, 0.25) is 0 Å². The number of benzene rings is 2. The lowest BCUT2D eigenvalue weighted by molar-refractivity contribution is 0.0951. The van der Waals surface area contributed by atoms with E-state index in [9.17, 15) is 4.79 Å². The molecule has 0 saturated carbocycles. The lowest BCUT2D eigenvalue weighted by Crippen LogP contribution is -2.22. The molecule has 2 aromatic carbocycles. The number of fused-ring (bicyclic) bond motifs is 1. The molecule has 3 N–H and O–H groups in total. The average molecular weight is 277 g/mol. The average Bonchev–Trinajstić information content (AvgIpc) is 2.53. The molecule has 21 heavy (non-hydrogen) atoms. The molecule has 4 nitrogen and oxygen atoms in total. The number of rotatable bonds is 3. The first-order valence-corrected chi connectivity index (χ1v) is 6.70. The fraction of sp³-hybridized carbons (Fsp3) is 0.0588. The molecule has 0 spiro atoms. The van der Waals surface area contributed by atoms with Gasteiger partial charge in [-0.15, -0.1) is 0 Å². The van der Waals surface area contributed by atoms with Gasteiger partial charge in [-0.1, -0.05) is 18.2 Å². The van der Waals surface area contributed by atoms with Crippen LogP contribution in [-0.4, -0.2) is 10.9 Å². The number of hydrogen-bond acceptors (Lipinski definition) is 3. The molecule has 1 aromatic heterocycles. The number of anilines is 1. The number of amides is 1. The minimum absolute atomic E-state index is 0.122. The van der Waals surface area contributed by atoms with Crippen molar-refractivity contribution in [2.75, 3.05) is 5.73 Å². The van der Waals surface area contributed by atoms with Crippen LogP contribution >= 0.6 is 0 Å². The first kappa shape index (κ1) is 13.1. The zero-order chi connectivity index (χ0) is 14.7. The number of aromatic nitrogens is 1. The third-order valence-corrected chi connectivity index (χ3v) is 3.27. The fourth-order valence-electron chi connectivity index (χ4n) is 2.13. The Kier molecular flexibility index (Phi) is 3.51. The van der Waals surface area contributed by atoms with E-state index >= 15 is 0 Å². The van der Waals surface area contributed by atoms with Gasteiger partial charge in [-0.3, -0.25) is 9.78 Å². The molecule has 0 aliphatic carbocycles. The minimum atomic E-state index is -0.122. The number of pyridine rings is 1. The first-order valence-electron chi connectivity index (χ1n) is 6.70. The van der Waals surface area contributed by atoms with Gasteiger partial charge in [-0.25, -0.2) is 0 Å². The van der Waals surface area contributed by atoms with Crippen molar-refractivity contribution in [1.29, 1.82) is 0 Å². The Morgan fingerprint density at radius 3 is 2.67 bits per heavy atom. The second kappa shape index (κ2) is 5.63. The van der Waals surface area contributed by atoms with E-state index in [2.05, 4.69) is 10.3 Å². The van der Waals surface area contributed by atoms with E-state index in [4.69, 9.17) is 5.73 Å². The predicted octanol–water partition coefficient (Wildman–Crippen LogP) is 2.75. The lowest BCUT2D eigenvalue weighted by Gasteiger charge is -2.06. The van der Waals surface area contributed by atoms with Crippen LogP contribution in [0, 0.1) is 0 Å². The molecule has 0 aliphatic heterocycles. The number of para-hydroxylation sites is 1. The van der Waals surface area contributed by atoms with Crippen molar-refractivity contribution in [3.8, 4) is 0 Å². The highest BCUT2D eigenvalue weighted by atomic mass is 16.1. The first-order chi connectivity index (χ1) is 10.2. The van der Waals surface area contributed by atoms with E-state index in [-0.39, 0.29) is 5.91 Å². The minimum Gasteiger partial charge on any atom is -0.399 e. The summed E-state index contributed by atoms with van der Waals surface area (Å²) in [5.74, 6) is -0.122. The molecule has 104 valence electrons. The molecule has 0 atom stereocenters. The van der Waals surface area contributed by atoms with Crippen LogP contribution in [-0.2, 0) is 6.54 Å². The summed E-state index contributed by atoms with van der Waals surface area (Å²) in [7, 11) is 0. The highest BCUT2D eigenvalue weighted by molar-refractivity contribution is 5.94. The normalized spacial score (nSPS) is 10.5. The van der Waals surface area contributed by atoms with Crippen LogP contribution in [0.3, 0.4) is 0 Å². The summed E-state index contributed by atoms with van der Waals surface area (Å²) in [6.45, 7) is 0.445. The molecule has 0 saturated heterocycles. The van der Waals surface area contributed by atoms with Crippen LogP contribution in [0.15, 0.2) is 60.8 Å². The molecule has 0 aliphatic rings. The smallest absolute Gasteiger partial charge is 0.251 e. The van der Waals surface area contributed by atoms with Gasteiger partial charge in [0.1, 0.15) is 0 Å². The van der Waals surface area contributed by atoms with Crippen molar-refractivity contribution in [3.05, 3.63) is 71.9 Å². The summed E-state index contributed by atoms with van der Waals surface area (Å²) in [4.78, 5) is 16.4. The van der Waals surface area contributed by atoms with Crippen LogP contribution in [0.25, 0.3) is 10.9 Å². The van der Waals surface area contributed by atoms with E-state index in [0.29, 0.717) is 17.8 Å². The van der Waals surface area contributed by atoms with Crippen molar-refractivity contribution in [1.82, 2.24) is 10.3 Å². The highest BCUT2D eigenvalue weighted by Crippen LogP contribution is 2.12. The standard InChI is InChI=1S/C17H15N3O/c18-15-7-5-13(6-8-15)17(21)20-11-12-9-14-3-1-2-4-16(14)19-10-12/h1-10H,11,18H2,(H,20,21). The lowest BCUT2D eigenvalue weighted by atomic mass is 10.1. The van der Waals surface area contributed by atoms with E-state index in [1.807, 2.05) is 30.3 Å². The Morgan fingerprint density at radius 1 is 1.10 bits per heavy atom. The monoisotopic (exact) mass is 277 g/mol. The number of carbonyl (C=O) groups is 1. The van der Waals surface area contributed by atoms with E-state index < -0.39 is 0 Å². The van der Waals surface area contributed by atoms with E-state index in [1.54, 1.807) is 30.5 Å². The van der Waals surface area contributed by atoms with Gasteiger partial charge in [-0.05, 0) is 42.0 Å². The number of carbonyl (C=O) groups excluding carboxylic acids is 1. The summed E-state index contributed by atoms with van der Waals surface area (Å²) in [6.07, 6.45) is 1.78. The molecule has 0 fully saturated rings. The largest absolute Gasteiger partial charge is 0.399 e. The van der Waals surface area contributed by atoms with Crippen LogP contribution < -0.4 is 11.1 Å². The Bertz CT molecular complexity index is 781. The van der Waals surface area contributed by atoms with Crippen molar-refractivity contribution < 1.29 is 4.79 Å². The number of nitrogen functional groups attached to an aromatic ring is 1. The molecule has 1 amide bonds. The van der Waals surface area contributed by atoms with Gasteiger partial charge in [0.2, 0.25) is 0 Å². The molecule has 1 heterocycles. The molecule has 4 heteroatoms. The third-order valence-electron chi connectivity index (χ3n) is 3.27. The Morgan fingerprint density at radius 2 is 1.86 bits per heavy atom. The van der Waals surface area contributed by atoms with Gasteiger partial charge in [0, 0.05) is 29.4 Å². The summed E-state index contributed by atoms with van der Waals surface area (Å²) in [5.41, 5.74) is 8.76. The quantitative estimate of drug-likeness (QED) is 0.723. The second-order valence-corrected chi connectivity index (χ2v) is 4.84. The molecule has 0 unspecified atom stereocenters. The van der Waals surface area contributed by atoms with Crippen molar-refractivity contribution in [3.63, 3.8) is 0 Å². The van der Waals surface area contributed by atoms with Crippen molar-refractivity contribution in [2.24, 2.45) is 0 Å². The SMILES string of the molecule is Nc1ccc(C(=O)NCc2cnc3ccccc3c2)cc1. The van der Waals surface area contributed by atoms with E-state index in [1.165, 1.54) is 0 Å². The van der Waals surface area contributed by atoms with Gasteiger partial charge in [-0.2, -0.15) is 0 Å². The number of nitrogens with one attached hydrogen (secondary N) is 1. The summed E-state index contributed by atoms with van der Waals surface area (Å²) < 4.78 is 0. The molecular formula is C17H15N3O. The maximum Gasteiger partial charge on any atom is 0.251 e. The van der Waals surface area contributed by atoms with Crippen LogP contribution in [0.5, 0.6) is 0 Å².